The van der Waals surface area contributed by atoms with Gasteiger partial charge in [0, 0.05) is 13.1 Å². The SMILES string of the molecule is CC(C)CCN(CCC(C)C)c1ccc([C@@H](C)O)nc1. The highest BCUT2D eigenvalue weighted by Gasteiger charge is 2.10. The van der Waals surface area contributed by atoms with Crippen LogP contribution < -0.4 is 4.90 Å². The van der Waals surface area contributed by atoms with Gasteiger partial charge in [0.2, 0.25) is 0 Å². The maximum Gasteiger partial charge on any atom is 0.0931 e. The second kappa shape index (κ2) is 8.25. The van der Waals surface area contributed by atoms with Crippen molar-refractivity contribution in [3.8, 4) is 0 Å². The summed E-state index contributed by atoms with van der Waals surface area (Å²) in [7, 11) is 0. The van der Waals surface area contributed by atoms with Gasteiger partial charge in [0.05, 0.1) is 23.7 Å². The van der Waals surface area contributed by atoms with Crippen molar-refractivity contribution >= 4 is 5.69 Å². The highest BCUT2D eigenvalue weighted by molar-refractivity contribution is 5.44. The van der Waals surface area contributed by atoms with Crippen molar-refractivity contribution in [2.45, 2.75) is 53.6 Å². The molecule has 0 radical (unpaired) electrons. The lowest BCUT2D eigenvalue weighted by molar-refractivity contribution is 0.194. The highest BCUT2D eigenvalue weighted by Crippen LogP contribution is 2.19. The Morgan fingerprint density at radius 2 is 1.55 bits per heavy atom. The van der Waals surface area contributed by atoms with E-state index in [1.165, 1.54) is 12.8 Å². The summed E-state index contributed by atoms with van der Waals surface area (Å²) in [5, 5.41) is 9.53. The van der Waals surface area contributed by atoms with Crippen LogP contribution in [0.25, 0.3) is 0 Å². The Labute approximate surface area is 124 Å². The molecule has 1 rings (SSSR count). The van der Waals surface area contributed by atoms with Crippen LogP contribution in [-0.4, -0.2) is 23.2 Å². The van der Waals surface area contributed by atoms with E-state index in [1.807, 2.05) is 12.3 Å². The molecule has 0 unspecified atom stereocenters. The molecule has 0 fully saturated rings. The number of aliphatic hydroxyl groups excluding tert-OH is 1. The molecule has 0 bridgehead atoms. The Morgan fingerprint density at radius 3 is 1.90 bits per heavy atom. The van der Waals surface area contributed by atoms with Gasteiger partial charge in [-0.3, -0.25) is 4.98 Å². The van der Waals surface area contributed by atoms with Crippen LogP contribution in [0.4, 0.5) is 5.69 Å². The first-order valence-corrected chi connectivity index (χ1v) is 7.79. The van der Waals surface area contributed by atoms with Gasteiger partial charge >= 0.3 is 0 Å². The van der Waals surface area contributed by atoms with Gasteiger partial charge in [0.15, 0.2) is 0 Å². The Kier molecular flexibility index (Phi) is 7.00. The number of nitrogens with zero attached hydrogens (tertiary/aromatic N) is 2. The molecule has 20 heavy (non-hydrogen) atoms. The van der Waals surface area contributed by atoms with Crippen molar-refractivity contribution in [2.24, 2.45) is 11.8 Å². The third-order valence-corrected chi connectivity index (χ3v) is 3.52. The number of aromatic nitrogens is 1. The molecular weight excluding hydrogens is 248 g/mol. The highest BCUT2D eigenvalue weighted by atomic mass is 16.3. The average Bonchev–Trinajstić information content (AvgIpc) is 2.38. The van der Waals surface area contributed by atoms with E-state index >= 15 is 0 Å². The zero-order valence-electron chi connectivity index (χ0n) is 13.6. The number of rotatable bonds is 8. The fourth-order valence-corrected chi connectivity index (χ4v) is 2.03. The second-order valence-electron chi connectivity index (χ2n) is 6.47. The molecule has 1 heterocycles. The first kappa shape index (κ1) is 17.0. The van der Waals surface area contributed by atoms with Crippen molar-refractivity contribution < 1.29 is 5.11 Å². The monoisotopic (exact) mass is 278 g/mol. The van der Waals surface area contributed by atoms with Crippen molar-refractivity contribution in [2.75, 3.05) is 18.0 Å². The number of anilines is 1. The Balaban J connectivity index is 2.74. The molecule has 1 N–H and O–H groups in total. The zero-order chi connectivity index (χ0) is 15.1. The van der Waals surface area contributed by atoms with E-state index in [2.05, 4.69) is 43.6 Å². The van der Waals surface area contributed by atoms with Gasteiger partial charge in [-0.25, -0.2) is 0 Å². The smallest absolute Gasteiger partial charge is 0.0931 e. The van der Waals surface area contributed by atoms with Crippen molar-refractivity contribution in [3.63, 3.8) is 0 Å². The number of hydrogen-bond acceptors (Lipinski definition) is 3. The number of pyridine rings is 1. The molecule has 0 amide bonds. The van der Waals surface area contributed by atoms with E-state index in [-0.39, 0.29) is 0 Å². The molecule has 114 valence electrons. The average molecular weight is 278 g/mol. The molecule has 1 aromatic heterocycles. The molecule has 0 spiro atoms. The number of hydrogen-bond donors (Lipinski definition) is 1. The third-order valence-electron chi connectivity index (χ3n) is 3.52. The van der Waals surface area contributed by atoms with Crippen molar-refractivity contribution in [1.29, 1.82) is 0 Å². The van der Waals surface area contributed by atoms with Gasteiger partial charge in [-0.05, 0) is 43.7 Å². The van der Waals surface area contributed by atoms with E-state index in [4.69, 9.17) is 0 Å². The quantitative estimate of drug-likeness (QED) is 0.780. The van der Waals surface area contributed by atoms with Crippen LogP contribution in [0.2, 0.25) is 0 Å². The van der Waals surface area contributed by atoms with Crippen molar-refractivity contribution in [3.05, 3.63) is 24.0 Å². The Bertz CT molecular complexity index is 359. The molecule has 0 saturated carbocycles. The van der Waals surface area contributed by atoms with Gasteiger partial charge in [-0.2, -0.15) is 0 Å². The predicted octanol–water partition coefficient (Wildman–Crippen LogP) is 4.03. The third kappa shape index (κ3) is 5.91. The topological polar surface area (TPSA) is 36.4 Å². The molecule has 0 saturated heterocycles. The molecule has 0 aromatic carbocycles. The van der Waals surface area contributed by atoms with E-state index < -0.39 is 6.10 Å². The lowest BCUT2D eigenvalue weighted by Gasteiger charge is -2.26. The van der Waals surface area contributed by atoms with Crippen LogP contribution in [0, 0.1) is 11.8 Å². The molecule has 3 nitrogen and oxygen atoms in total. The summed E-state index contributed by atoms with van der Waals surface area (Å²) in [6, 6.07) is 4.01. The number of aliphatic hydroxyl groups is 1. The van der Waals surface area contributed by atoms with Crippen LogP contribution in [0.1, 0.15) is 59.3 Å². The fraction of sp³-hybridized carbons (Fsp3) is 0.706. The minimum Gasteiger partial charge on any atom is -0.387 e. The summed E-state index contributed by atoms with van der Waals surface area (Å²) >= 11 is 0. The maximum absolute atomic E-state index is 9.53. The van der Waals surface area contributed by atoms with Crippen LogP contribution in [0.15, 0.2) is 18.3 Å². The van der Waals surface area contributed by atoms with Crippen molar-refractivity contribution in [1.82, 2.24) is 4.98 Å². The van der Waals surface area contributed by atoms with Gasteiger partial charge < -0.3 is 10.0 Å². The molecule has 0 aliphatic carbocycles. The largest absolute Gasteiger partial charge is 0.387 e. The van der Waals surface area contributed by atoms with Crippen LogP contribution in [0.3, 0.4) is 0 Å². The molecule has 0 aliphatic rings. The summed E-state index contributed by atoms with van der Waals surface area (Å²) in [4.78, 5) is 6.78. The minimum atomic E-state index is -0.496. The summed E-state index contributed by atoms with van der Waals surface area (Å²) < 4.78 is 0. The van der Waals surface area contributed by atoms with Crippen LogP contribution in [-0.2, 0) is 0 Å². The summed E-state index contributed by atoms with van der Waals surface area (Å²) in [6.07, 6.45) is 3.78. The van der Waals surface area contributed by atoms with E-state index in [0.29, 0.717) is 11.8 Å². The first-order chi connectivity index (χ1) is 9.40. The minimum absolute atomic E-state index is 0.496. The van der Waals surface area contributed by atoms with Crippen LogP contribution >= 0.6 is 0 Å². The van der Waals surface area contributed by atoms with Gasteiger partial charge in [-0.1, -0.05) is 27.7 Å². The Morgan fingerprint density at radius 1 is 1.00 bits per heavy atom. The van der Waals surface area contributed by atoms with Gasteiger partial charge in [0.1, 0.15) is 0 Å². The summed E-state index contributed by atoms with van der Waals surface area (Å²) in [6.45, 7) is 12.9. The van der Waals surface area contributed by atoms with Gasteiger partial charge in [0.25, 0.3) is 0 Å². The summed E-state index contributed by atoms with van der Waals surface area (Å²) in [5.74, 6) is 1.42. The van der Waals surface area contributed by atoms with Crippen LogP contribution in [0.5, 0.6) is 0 Å². The maximum atomic E-state index is 9.53. The molecular formula is C17H30N2O. The molecule has 3 heteroatoms. The predicted molar refractivity (Wildman–Crippen MR) is 86.0 cm³/mol. The molecule has 1 aromatic rings. The zero-order valence-corrected chi connectivity index (χ0v) is 13.6. The Hall–Kier alpha value is -1.09. The lowest BCUT2D eigenvalue weighted by atomic mass is 10.1. The van der Waals surface area contributed by atoms with E-state index in [1.54, 1.807) is 6.92 Å². The van der Waals surface area contributed by atoms with Gasteiger partial charge in [-0.15, -0.1) is 0 Å². The lowest BCUT2D eigenvalue weighted by Crippen LogP contribution is -2.27. The second-order valence-corrected chi connectivity index (χ2v) is 6.47. The first-order valence-electron chi connectivity index (χ1n) is 7.79. The fourth-order valence-electron chi connectivity index (χ4n) is 2.03. The molecule has 0 aliphatic heterocycles. The normalized spacial score (nSPS) is 13.0. The summed E-state index contributed by atoms with van der Waals surface area (Å²) in [5.41, 5.74) is 1.90. The van der Waals surface area contributed by atoms with E-state index in [0.717, 1.165) is 24.5 Å². The standard InChI is InChI=1S/C17H30N2O/c1-13(2)8-10-19(11-9-14(3)4)16-6-7-17(15(5)20)18-12-16/h6-7,12-15,20H,8-11H2,1-5H3/t15-/m1/s1. The van der Waals surface area contributed by atoms with E-state index in [9.17, 15) is 5.11 Å². The molecule has 1 atom stereocenters.